The Labute approximate surface area is 150 Å². The van der Waals surface area contributed by atoms with Crippen LogP contribution < -0.4 is 4.74 Å². The van der Waals surface area contributed by atoms with Crippen LogP contribution in [0.25, 0.3) is 0 Å². The maximum absolute atomic E-state index is 5.99. The van der Waals surface area contributed by atoms with E-state index in [-0.39, 0.29) is 5.92 Å². The lowest BCUT2D eigenvalue weighted by Gasteiger charge is -2.21. The van der Waals surface area contributed by atoms with E-state index in [9.17, 15) is 0 Å². The van der Waals surface area contributed by atoms with E-state index in [4.69, 9.17) is 9.47 Å². The van der Waals surface area contributed by atoms with Crippen LogP contribution in [0.3, 0.4) is 0 Å². The summed E-state index contributed by atoms with van der Waals surface area (Å²) in [5, 5.41) is 0. The third kappa shape index (κ3) is 4.71. The first-order chi connectivity index (χ1) is 12.4. The highest BCUT2D eigenvalue weighted by Crippen LogP contribution is 2.34. The highest BCUT2D eigenvalue weighted by molar-refractivity contribution is 5.43. The van der Waals surface area contributed by atoms with E-state index in [0.717, 1.165) is 12.2 Å². The van der Waals surface area contributed by atoms with Gasteiger partial charge in [-0.15, -0.1) is 0 Å². The van der Waals surface area contributed by atoms with E-state index in [1.165, 1.54) is 16.7 Å². The molecule has 0 saturated carbocycles. The molecule has 0 amide bonds. The average Bonchev–Trinajstić information content (AvgIpc) is 2.68. The van der Waals surface area contributed by atoms with Crippen molar-refractivity contribution in [3.05, 3.63) is 102 Å². The van der Waals surface area contributed by atoms with Crippen LogP contribution in [-0.2, 0) is 11.2 Å². The molecule has 3 aromatic carbocycles. The van der Waals surface area contributed by atoms with E-state index in [0.29, 0.717) is 13.2 Å². The second-order valence-electron chi connectivity index (χ2n) is 6.03. The van der Waals surface area contributed by atoms with Gasteiger partial charge in [0.25, 0.3) is 0 Å². The topological polar surface area (TPSA) is 18.5 Å². The first-order valence-electron chi connectivity index (χ1n) is 8.68. The molecule has 0 fully saturated rings. The molecule has 2 nitrogen and oxygen atoms in total. The van der Waals surface area contributed by atoms with Gasteiger partial charge in [0.15, 0.2) is 0 Å². The van der Waals surface area contributed by atoms with Crippen LogP contribution in [0.15, 0.2) is 84.9 Å². The molecule has 1 atom stereocenters. The molecule has 0 aromatic heterocycles. The monoisotopic (exact) mass is 332 g/mol. The SMILES string of the molecule is COCCOc1ccccc1[C@H](Cc1ccccc1)c1ccccc1. The van der Waals surface area contributed by atoms with Gasteiger partial charge in [-0.1, -0.05) is 78.9 Å². The molecule has 0 aliphatic heterocycles. The number of hydrogen-bond donors (Lipinski definition) is 0. The van der Waals surface area contributed by atoms with Crippen LogP contribution >= 0.6 is 0 Å². The Morgan fingerprint density at radius 1 is 0.720 bits per heavy atom. The molecular formula is C23H24O2. The first-order valence-corrected chi connectivity index (χ1v) is 8.68. The fourth-order valence-corrected chi connectivity index (χ4v) is 3.08. The van der Waals surface area contributed by atoms with Crippen molar-refractivity contribution >= 4 is 0 Å². The van der Waals surface area contributed by atoms with Crippen LogP contribution in [0.1, 0.15) is 22.6 Å². The summed E-state index contributed by atoms with van der Waals surface area (Å²) in [4.78, 5) is 0. The molecule has 128 valence electrons. The van der Waals surface area contributed by atoms with Gasteiger partial charge in [-0.05, 0) is 23.6 Å². The summed E-state index contributed by atoms with van der Waals surface area (Å²) in [7, 11) is 1.69. The molecule has 0 radical (unpaired) electrons. The summed E-state index contributed by atoms with van der Waals surface area (Å²) in [5.74, 6) is 1.19. The van der Waals surface area contributed by atoms with Gasteiger partial charge in [0.1, 0.15) is 12.4 Å². The zero-order chi connectivity index (χ0) is 17.3. The summed E-state index contributed by atoms with van der Waals surface area (Å²) in [6, 6.07) is 29.6. The summed E-state index contributed by atoms with van der Waals surface area (Å²) in [5.41, 5.74) is 3.84. The van der Waals surface area contributed by atoms with E-state index < -0.39 is 0 Å². The second kappa shape index (κ2) is 9.05. The zero-order valence-electron chi connectivity index (χ0n) is 14.6. The van der Waals surface area contributed by atoms with Crippen molar-refractivity contribution in [3.8, 4) is 5.75 Å². The lowest BCUT2D eigenvalue weighted by Crippen LogP contribution is -2.10. The Hall–Kier alpha value is -2.58. The van der Waals surface area contributed by atoms with Gasteiger partial charge in [0.2, 0.25) is 0 Å². The predicted molar refractivity (Wildman–Crippen MR) is 102 cm³/mol. The third-order valence-electron chi connectivity index (χ3n) is 4.32. The standard InChI is InChI=1S/C23H24O2/c1-24-16-17-25-23-15-9-8-14-21(23)22(20-12-6-3-7-13-20)18-19-10-4-2-5-11-19/h2-15,22H,16-18H2,1H3/t22-/m1/s1. The first kappa shape index (κ1) is 17.2. The molecule has 0 N–H and O–H groups in total. The molecule has 0 bridgehead atoms. The quantitative estimate of drug-likeness (QED) is 0.535. The van der Waals surface area contributed by atoms with Gasteiger partial charge < -0.3 is 9.47 Å². The van der Waals surface area contributed by atoms with Crippen molar-refractivity contribution in [1.29, 1.82) is 0 Å². The maximum atomic E-state index is 5.99. The van der Waals surface area contributed by atoms with Crippen molar-refractivity contribution in [2.75, 3.05) is 20.3 Å². The number of rotatable bonds is 8. The van der Waals surface area contributed by atoms with Crippen molar-refractivity contribution in [2.24, 2.45) is 0 Å². The van der Waals surface area contributed by atoms with Crippen molar-refractivity contribution in [3.63, 3.8) is 0 Å². The molecule has 0 heterocycles. The number of para-hydroxylation sites is 1. The predicted octanol–water partition coefficient (Wildman–Crippen LogP) is 5.09. The molecule has 0 aliphatic carbocycles. The number of benzene rings is 3. The maximum Gasteiger partial charge on any atom is 0.123 e. The molecule has 3 aromatic rings. The number of hydrogen-bond acceptors (Lipinski definition) is 2. The smallest absolute Gasteiger partial charge is 0.123 e. The van der Waals surface area contributed by atoms with Crippen LogP contribution in [0.5, 0.6) is 5.75 Å². The minimum Gasteiger partial charge on any atom is -0.491 e. The fourth-order valence-electron chi connectivity index (χ4n) is 3.08. The van der Waals surface area contributed by atoms with Gasteiger partial charge in [-0.3, -0.25) is 0 Å². The Morgan fingerprint density at radius 2 is 1.36 bits per heavy atom. The highest BCUT2D eigenvalue weighted by atomic mass is 16.5. The summed E-state index contributed by atoms with van der Waals surface area (Å²) in [6.07, 6.45) is 0.940. The minimum atomic E-state index is 0.252. The minimum absolute atomic E-state index is 0.252. The van der Waals surface area contributed by atoms with Crippen molar-refractivity contribution in [1.82, 2.24) is 0 Å². The Morgan fingerprint density at radius 3 is 2.08 bits per heavy atom. The number of ether oxygens (including phenoxy) is 2. The lowest BCUT2D eigenvalue weighted by atomic mass is 9.85. The van der Waals surface area contributed by atoms with E-state index >= 15 is 0 Å². The average molecular weight is 332 g/mol. The molecule has 0 saturated heterocycles. The van der Waals surface area contributed by atoms with Gasteiger partial charge in [-0.2, -0.15) is 0 Å². The van der Waals surface area contributed by atoms with E-state index in [1.807, 2.05) is 12.1 Å². The van der Waals surface area contributed by atoms with Gasteiger partial charge >= 0.3 is 0 Å². The Kier molecular flexibility index (Phi) is 6.24. The summed E-state index contributed by atoms with van der Waals surface area (Å²) >= 11 is 0. The summed E-state index contributed by atoms with van der Waals surface area (Å²) in [6.45, 7) is 1.14. The zero-order valence-corrected chi connectivity index (χ0v) is 14.6. The molecule has 3 rings (SSSR count). The molecule has 25 heavy (non-hydrogen) atoms. The van der Waals surface area contributed by atoms with E-state index in [2.05, 4.69) is 72.8 Å². The van der Waals surface area contributed by atoms with Gasteiger partial charge in [0.05, 0.1) is 6.61 Å². The fraction of sp³-hybridized carbons (Fsp3) is 0.217. The van der Waals surface area contributed by atoms with Crippen LogP contribution in [0, 0.1) is 0 Å². The summed E-state index contributed by atoms with van der Waals surface area (Å²) < 4.78 is 11.1. The van der Waals surface area contributed by atoms with Gasteiger partial charge in [-0.25, -0.2) is 0 Å². The Balaban J connectivity index is 1.94. The third-order valence-corrected chi connectivity index (χ3v) is 4.32. The molecule has 0 unspecified atom stereocenters. The largest absolute Gasteiger partial charge is 0.491 e. The van der Waals surface area contributed by atoms with Gasteiger partial charge in [0, 0.05) is 18.6 Å². The van der Waals surface area contributed by atoms with Crippen LogP contribution in [0.2, 0.25) is 0 Å². The molecule has 0 spiro atoms. The van der Waals surface area contributed by atoms with Crippen LogP contribution in [0.4, 0.5) is 0 Å². The number of methoxy groups -OCH3 is 1. The molecular weight excluding hydrogens is 308 g/mol. The van der Waals surface area contributed by atoms with Crippen LogP contribution in [-0.4, -0.2) is 20.3 Å². The normalized spacial score (nSPS) is 11.9. The van der Waals surface area contributed by atoms with Crippen molar-refractivity contribution < 1.29 is 9.47 Å². The molecule has 0 aliphatic rings. The van der Waals surface area contributed by atoms with E-state index in [1.54, 1.807) is 7.11 Å². The highest BCUT2D eigenvalue weighted by Gasteiger charge is 2.18. The second-order valence-corrected chi connectivity index (χ2v) is 6.03. The molecule has 2 heteroatoms. The Bertz CT molecular complexity index is 753. The lowest BCUT2D eigenvalue weighted by molar-refractivity contribution is 0.145. The van der Waals surface area contributed by atoms with Crippen molar-refractivity contribution in [2.45, 2.75) is 12.3 Å².